The summed E-state index contributed by atoms with van der Waals surface area (Å²) in [4.78, 5) is 45.0. The second kappa shape index (κ2) is 15.9. The molecule has 0 aromatic carbocycles. The van der Waals surface area contributed by atoms with Crippen molar-refractivity contribution in [3.63, 3.8) is 0 Å². The maximum Gasteiger partial charge on any atom is 0.410 e. The van der Waals surface area contributed by atoms with Crippen molar-refractivity contribution in [1.29, 1.82) is 0 Å². The first-order valence-corrected chi connectivity index (χ1v) is 18.4. The number of ether oxygens (including phenoxy) is 3. The Bertz CT molecular complexity index is 1600. The molecule has 0 spiro atoms. The van der Waals surface area contributed by atoms with Gasteiger partial charge in [-0.1, -0.05) is 13.8 Å². The number of aryl methyl sites for hydroxylation is 1. The van der Waals surface area contributed by atoms with Gasteiger partial charge in [0.1, 0.15) is 29.6 Å². The van der Waals surface area contributed by atoms with Crippen LogP contribution in [-0.4, -0.2) is 76.9 Å². The summed E-state index contributed by atoms with van der Waals surface area (Å²) in [7, 11) is 1.68. The fourth-order valence-corrected chi connectivity index (χ4v) is 7.54. The highest BCUT2D eigenvalue weighted by atomic mass is 16.6. The van der Waals surface area contributed by atoms with Gasteiger partial charge in [0.15, 0.2) is 5.89 Å². The minimum Gasteiger partial charge on any atom is -0.495 e. The van der Waals surface area contributed by atoms with Crippen LogP contribution in [0.3, 0.4) is 0 Å². The molecule has 0 radical (unpaired) electrons. The summed E-state index contributed by atoms with van der Waals surface area (Å²) in [6, 6.07) is 7.98. The molecule has 2 amide bonds. The molecule has 3 fully saturated rings. The predicted octanol–water partition coefficient (Wildman–Crippen LogP) is 7.68. The van der Waals surface area contributed by atoms with Crippen LogP contribution in [0.4, 0.5) is 10.6 Å². The summed E-state index contributed by atoms with van der Waals surface area (Å²) in [6.45, 7) is 11.8. The smallest absolute Gasteiger partial charge is 0.410 e. The number of likely N-dealkylation sites (tertiary alicyclic amines) is 1. The lowest BCUT2D eigenvalue weighted by Gasteiger charge is -2.40. The minimum absolute atomic E-state index is 0.0777. The summed E-state index contributed by atoms with van der Waals surface area (Å²) in [5.74, 6) is 2.97. The van der Waals surface area contributed by atoms with E-state index in [9.17, 15) is 9.59 Å². The molecule has 3 aliphatic rings. The van der Waals surface area contributed by atoms with E-state index in [2.05, 4.69) is 6.07 Å². The standard InChI is InChI=1S/C39H53N5O6/c1-24(2)37-42-34(23-48-37)30-17-18-40-36(19-30)44(20-27-7-9-28(10-8-27)33-15-16-35(47-6)26(5)41-33)38(45)29-11-13-31(14-12-29)50-39(46)43-21-32(22-43)49-25(3)4/h15-19,23-25,27-29,31-32H,7-14,20-22H2,1-6H3. The summed E-state index contributed by atoms with van der Waals surface area (Å²) in [5, 5.41) is 0. The molecule has 11 nitrogen and oxygen atoms in total. The van der Waals surface area contributed by atoms with Crippen LogP contribution in [0, 0.1) is 18.8 Å². The Morgan fingerprint density at radius 3 is 2.34 bits per heavy atom. The molecule has 0 N–H and O–H groups in total. The van der Waals surface area contributed by atoms with E-state index in [1.807, 2.05) is 57.7 Å². The average molecular weight is 688 g/mol. The summed E-state index contributed by atoms with van der Waals surface area (Å²) in [6.07, 6.45) is 9.91. The van der Waals surface area contributed by atoms with Crippen LogP contribution in [0.25, 0.3) is 11.3 Å². The van der Waals surface area contributed by atoms with Gasteiger partial charge < -0.3 is 23.5 Å². The van der Waals surface area contributed by atoms with Crippen LogP contribution in [0.15, 0.2) is 41.1 Å². The van der Waals surface area contributed by atoms with E-state index in [-0.39, 0.29) is 42.1 Å². The number of anilines is 1. The number of amides is 2. The van der Waals surface area contributed by atoms with Gasteiger partial charge in [0.05, 0.1) is 38.1 Å². The Kier molecular flexibility index (Phi) is 11.4. The van der Waals surface area contributed by atoms with Crippen molar-refractivity contribution in [2.45, 2.75) is 116 Å². The highest BCUT2D eigenvalue weighted by Gasteiger charge is 2.37. The van der Waals surface area contributed by atoms with Crippen molar-refractivity contribution in [3.8, 4) is 17.0 Å². The van der Waals surface area contributed by atoms with E-state index in [4.69, 9.17) is 33.6 Å². The first-order chi connectivity index (χ1) is 24.1. The normalized spacial score (nSPS) is 22.8. The molecule has 1 aliphatic heterocycles. The quantitative estimate of drug-likeness (QED) is 0.200. The van der Waals surface area contributed by atoms with Gasteiger partial charge in [0.25, 0.3) is 0 Å². The van der Waals surface area contributed by atoms with Crippen LogP contribution in [0.5, 0.6) is 5.75 Å². The number of methoxy groups -OCH3 is 1. The first kappa shape index (κ1) is 35.8. The van der Waals surface area contributed by atoms with Gasteiger partial charge in [-0.2, -0.15) is 0 Å². The number of nitrogens with zero attached hydrogens (tertiary/aromatic N) is 5. The number of pyridine rings is 2. The lowest BCUT2D eigenvalue weighted by molar-refractivity contribution is -0.124. The Balaban J connectivity index is 1.12. The maximum absolute atomic E-state index is 14.4. The molecule has 2 aliphatic carbocycles. The molecular weight excluding hydrogens is 634 g/mol. The van der Waals surface area contributed by atoms with Crippen LogP contribution >= 0.6 is 0 Å². The third kappa shape index (κ3) is 8.48. The minimum atomic E-state index is -0.282. The number of hydrogen-bond acceptors (Lipinski definition) is 9. The highest BCUT2D eigenvalue weighted by molar-refractivity contribution is 5.94. The van der Waals surface area contributed by atoms with Crippen molar-refractivity contribution >= 4 is 17.8 Å². The van der Waals surface area contributed by atoms with E-state index >= 15 is 0 Å². The van der Waals surface area contributed by atoms with Gasteiger partial charge in [0.2, 0.25) is 5.91 Å². The number of carbonyl (C=O) groups excluding carboxylic acids is 2. The van der Waals surface area contributed by atoms with Crippen molar-refractivity contribution < 1.29 is 28.2 Å². The fraction of sp³-hybridized carbons (Fsp3) is 0.615. The topological polar surface area (TPSA) is 120 Å². The van der Waals surface area contributed by atoms with Gasteiger partial charge in [-0.3, -0.25) is 14.7 Å². The van der Waals surface area contributed by atoms with Crippen molar-refractivity contribution in [3.05, 3.63) is 54.0 Å². The largest absolute Gasteiger partial charge is 0.495 e. The molecule has 0 atom stereocenters. The average Bonchev–Trinajstić information content (AvgIpc) is 3.60. The molecule has 1 saturated heterocycles. The molecule has 50 heavy (non-hydrogen) atoms. The second-order valence-electron chi connectivity index (χ2n) is 14.9. The molecule has 6 rings (SSSR count). The molecule has 3 aromatic rings. The summed E-state index contributed by atoms with van der Waals surface area (Å²) >= 11 is 0. The third-order valence-electron chi connectivity index (χ3n) is 10.4. The lowest BCUT2D eigenvalue weighted by Crippen LogP contribution is -2.56. The highest BCUT2D eigenvalue weighted by Crippen LogP contribution is 2.38. The van der Waals surface area contributed by atoms with Gasteiger partial charge >= 0.3 is 6.09 Å². The SMILES string of the molecule is COc1ccc(C2CCC(CN(C(=O)C3CCC(OC(=O)N4CC(OC(C)C)C4)CC3)c3cc(-c4coc(C(C)C)n4)ccn3)CC2)nc1C. The number of hydrogen-bond donors (Lipinski definition) is 0. The molecule has 2 saturated carbocycles. The Labute approximate surface area is 296 Å². The van der Waals surface area contributed by atoms with Gasteiger partial charge in [-0.25, -0.2) is 14.8 Å². The third-order valence-corrected chi connectivity index (χ3v) is 10.4. The van der Waals surface area contributed by atoms with E-state index in [1.165, 1.54) is 0 Å². The van der Waals surface area contributed by atoms with E-state index in [0.29, 0.717) is 68.9 Å². The Morgan fingerprint density at radius 2 is 1.70 bits per heavy atom. The van der Waals surface area contributed by atoms with Gasteiger partial charge in [-0.05, 0) is 102 Å². The molecule has 270 valence electrons. The Hall–Kier alpha value is -3.99. The van der Waals surface area contributed by atoms with Crippen LogP contribution in [0.2, 0.25) is 0 Å². The Morgan fingerprint density at radius 1 is 0.960 bits per heavy atom. The van der Waals surface area contributed by atoms with Crippen molar-refractivity contribution in [2.75, 3.05) is 31.6 Å². The zero-order valence-electron chi connectivity index (χ0n) is 30.5. The van der Waals surface area contributed by atoms with Crippen LogP contribution < -0.4 is 9.64 Å². The van der Waals surface area contributed by atoms with Crippen molar-refractivity contribution in [2.24, 2.45) is 11.8 Å². The van der Waals surface area contributed by atoms with E-state index < -0.39 is 0 Å². The second-order valence-corrected chi connectivity index (χ2v) is 14.9. The molecule has 11 heteroatoms. The number of aromatic nitrogens is 3. The number of oxazole rings is 1. The van der Waals surface area contributed by atoms with Crippen LogP contribution in [0.1, 0.15) is 108 Å². The summed E-state index contributed by atoms with van der Waals surface area (Å²) in [5.41, 5.74) is 3.64. The van der Waals surface area contributed by atoms with Crippen molar-refractivity contribution in [1.82, 2.24) is 19.9 Å². The molecule has 0 bridgehead atoms. The lowest BCUT2D eigenvalue weighted by atomic mass is 9.79. The predicted molar refractivity (Wildman–Crippen MR) is 190 cm³/mol. The van der Waals surface area contributed by atoms with E-state index in [0.717, 1.165) is 54.1 Å². The molecular formula is C39H53N5O6. The van der Waals surface area contributed by atoms with Gasteiger partial charge in [-0.15, -0.1) is 0 Å². The first-order valence-electron chi connectivity index (χ1n) is 18.4. The van der Waals surface area contributed by atoms with Gasteiger partial charge in [0, 0.05) is 41.8 Å². The monoisotopic (exact) mass is 687 g/mol. The summed E-state index contributed by atoms with van der Waals surface area (Å²) < 4.78 is 22.8. The number of rotatable bonds is 11. The maximum atomic E-state index is 14.4. The zero-order chi connectivity index (χ0) is 35.4. The molecule has 4 heterocycles. The fourth-order valence-electron chi connectivity index (χ4n) is 7.54. The molecule has 3 aromatic heterocycles. The zero-order valence-corrected chi connectivity index (χ0v) is 30.5. The molecule has 0 unspecified atom stereocenters. The van der Waals surface area contributed by atoms with Crippen LogP contribution in [-0.2, 0) is 14.3 Å². The van der Waals surface area contributed by atoms with E-state index in [1.54, 1.807) is 24.5 Å². The number of carbonyl (C=O) groups is 2.